The Bertz CT molecular complexity index is 264. The Morgan fingerprint density at radius 3 is 2.33 bits per heavy atom. The van der Waals surface area contributed by atoms with E-state index in [2.05, 4.69) is 36.0 Å². The summed E-state index contributed by atoms with van der Waals surface area (Å²) in [6.07, 6.45) is 3.52. The molecule has 0 spiro atoms. The topological polar surface area (TPSA) is 16.1 Å². The van der Waals surface area contributed by atoms with Gasteiger partial charge in [0, 0.05) is 11.9 Å². The van der Waals surface area contributed by atoms with Crippen molar-refractivity contribution < 1.29 is 0 Å². The van der Waals surface area contributed by atoms with Crippen molar-refractivity contribution in [1.29, 1.82) is 0 Å². The molecule has 0 saturated carbocycles. The summed E-state index contributed by atoms with van der Waals surface area (Å²) in [6, 6.07) is 0. The highest BCUT2D eigenvalue weighted by molar-refractivity contribution is 7.09. The average molecular weight is 226 g/mol. The molecule has 1 heterocycles. The van der Waals surface area contributed by atoms with Crippen molar-refractivity contribution in [2.45, 2.75) is 46.6 Å². The lowest BCUT2D eigenvalue weighted by molar-refractivity contribution is 0.264. The summed E-state index contributed by atoms with van der Waals surface area (Å²) in [4.78, 5) is 7.10. The molecule has 0 radical (unpaired) electrons. The Labute approximate surface area is 97.3 Å². The third-order valence-corrected chi connectivity index (χ3v) is 3.41. The van der Waals surface area contributed by atoms with Crippen LogP contribution in [0.25, 0.3) is 0 Å². The number of hydrogen-bond donors (Lipinski definition) is 0. The zero-order valence-electron chi connectivity index (χ0n) is 10.1. The van der Waals surface area contributed by atoms with E-state index in [1.165, 1.54) is 36.6 Å². The molecule has 1 aromatic rings. The van der Waals surface area contributed by atoms with Crippen LogP contribution < -0.4 is 0 Å². The fraction of sp³-hybridized carbons (Fsp3) is 0.750. The van der Waals surface area contributed by atoms with E-state index in [4.69, 9.17) is 0 Å². The highest BCUT2D eigenvalue weighted by atomic mass is 32.1. The standard InChI is InChI=1S/C12H22N2S/c1-4-7-14(8-5-2)9-11-10-15-12(6-3)13-11/h10H,4-9H2,1-3H3. The van der Waals surface area contributed by atoms with Crippen molar-refractivity contribution in [2.75, 3.05) is 13.1 Å². The lowest BCUT2D eigenvalue weighted by Crippen LogP contribution is -2.25. The third kappa shape index (κ3) is 4.31. The summed E-state index contributed by atoms with van der Waals surface area (Å²) in [7, 11) is 0. The molecular formula is C12H22N2S. The summed E-state index contributed by atoms with van der Waals surface area (Å²) in [5.41, 5.74) is 1.25. The monoisotopic (exact) mass is 226 g/mol. The number of aryl methyl sites for hydroxylation is 1. The molecule has 15 heavy (non-hydrogen) atoms. The molecule has 0 atom stereocenters. The van der Waals surface area contributed by atoms with Gasteiger partial charge in [0.05, 0.1) is 10.7 Å². The molecule has 0 bridgehead atoms. The molecule has 0 N–H and O–H groups in total. The quantitative estimate of drug-likeness (QED) is 0.709. The predicted molar refractivity (Wildman–Crippen MR) is 67.4 cm³/mol. The molecule has 3 heteroatoms. The Morgan fingerprint density at radius 1 is 1.20 bits per heavy atom. The largest absolute Gasteiger partial charge is 0.298 e. The first kappa shape index (κ1) is 12.7. The normalized spacial score (nSPS) is 11.2. The molecule has 0 aliphatic carbocycles. The van der Waals surface area contributed by atoms with Gasteiger partial charge in [0.25, 0.3) is 0 Å². The molecule has 1 rings (SSSR count). The van der Waals surface area contributed by atoms with E-state index in [1.807, 2.05) is 0 Å². The molecule has 0 unspecified atom stereocenters. The first-order valence-corrected chi connectivity index (χ1v) is 6.83. The maximum Gasteiger partial charge on any atom is 0.0926 e. The first-order chi connectivity index (χ1) is 7.30. The Balaban J connectivity index is 2.48. The van der Waals surface area contributed by atoms with E-state index in [0.717, 1.165) is 13.0 Å². The minimum Gasteiger partial charge on any atom is -0.298 e. The number of aromatic nitrogens is 1. The Morgan fingerprint density at radius 2 is 1.87 bits per heavy atom. The van der Waals surface area contributed by atoms with E-state index in [-0.39, 0.29) is 0 Å². The fourth-order valence-electron chi connectivity index (χ4n) is 1.72. The summed E-state index contributed by atoms with van der Waals surface area (Å²) in [5, 5.41) is 3.47. The van der Waals surface area contributed by atoms with Crippen LogP contribution in [0.15, 0.2) is 5.38 Å². The molecule has 0 aliphatic rings. The number of hydrogen-bond acceptors (Lipinski definition) is 3. The summed E-state index contributed by atoms with van der Waals surface area (Å²) >= 11 is 1.79. The van der Waals surface area contributed by atoms with Crippen molar-refractivity contribution >= 4 is 11.3 Å². The van der Waals surface area contributed by atoms with Crippen LogP contribution in [0.4, 0.5) is 0 Å². The van der Waals surface area contributed by atoms with Crippen LogP contribution in [-0.2, 0) is 13.0 Å². The molecule has 2 nitrogen and oxygen atoms in total. The molecule has 86 valence electrons. The van der Waals surface area contributed by atoms with E-state index in [1.54, 1.807) is 11.3 Å². The molecule has 0 saturated heterocycles. The van der Waals surface area contributed by atoms with Crippen molar-refractivity contribution in [1.82, 2.24) is 9.88 Å². The van der Waals surface area contributed by atoms with Gasteiger partial charge in [-0.15, -0.1) is 11.3 Å². The van der Waals surface area contributed by atoms with Crippen molar-refractivity contribution in [3.8, 4) is 0 Å². The molecule has 0 aromatic carbocycles. The lowest BCUT2D eigenvalue weighted by Gasteiger charge is -2.19. The molecule has 1 aromatic heterocycles. The van der Waals surface area contributed by atoms with Gasteiger partial charge in [0.2, 0.25) is 0 Å². The van der Waals surface area contributed by atoms with Crippen LogP contribution in [0.5, 0.6) is 0 Å². The second-order valence-electron chi connectivity index (χ2n) is 3.86. The molecular weight excluding hydrogens is 204 g/mol. The highest BCUT2D eigenvalue weighted by Gasteiger charge is 2.06. The summed E-state index contributed by atoms with van der Waals surface area (Å²) < 4.78 is 0. The Hall–Kier alpha value is -0.410. The summed E-state index contributed by atoms with van der Waals surface area (Å²) in [5.74, 6) is 0. The van der Waals surface area contributed by atoms with Crippen LogP contribution in [0, 0.1) is 0 Å². The minimum absolute atomic E-state index is 1.03. The predicted octanol–water partition coefficient (Wildman–Crippen LogP) is 3.33. The number of thiazole rings is 1. The lowest BCUT2D eigenvalue weighted by atomic mass is 10.3. The molecule has 0 fully saturated rings. The zero-order valence-corrected chi connectivity index (χ0v) is 10.9. The second-order valence-corrected chi connectivity index (χ2v) is 4.80. The van der Waals surface area contributed by atoms with E-state index < -0.39 is 0 Å². The zero-order chi connectivity index (χ0) is 11.1. The molecule has 0 amide bonds. The van der Waals surface area contributed by atoms with Crippen LogP contribution >= 0.6 is 11.3 Å². The number of rotatable bonds is 7. The minimum atomic E-state index is 1.03. The fourth-order valence-corrected chi connectivity index (χ4v) is 2.45. The maximum absolute atomic E-state index is 4.61. The van der Waals surface area contributed by atoms with Gasteiger partial charge in [0.1, 0.15) is 0 Å². The van der Waals surface area contributed by atoms with Gasteiger partial charge in [-0.25, -0.2) is 4.98 Å². The summed E-state index contributed by atoms with van der Waals surface area (Å²) in [6.45, 7) is 10.0. The van der Waals surface area contributed by atoms with E-state index >= 15 is 0 Å². The van der Waals surface area contributed by atoms with Crippen LogP contribution in [0.1, 0.15) is 44.3 Å². The highest BCUT2D eigenvalue weighted by Crippen LogP contribution is 2.12. The third-order valence-electron chi connectivity index (χ3n) is 2.37. The second kappa shape index (κ2) is 6.96. The smallest absolute Gasteiger partial charge is 0.0926 e. The number of nitrogens with zero attached hydrogens (tertiary/aromatic N) is 2. The van der Waals surface area contributed by atoms with Crippen molar-refractivity contribution in [3.05, 3.63) is 16.1 Å². The van der Waals surface area contributed by atoms with Crippen molar-refractivity contribution in [3.63, 3.8) is 0 Å². The molecule has 0 aliphatic heterocycles. The van der Waals surface area contributed by atoms with Gasteiger partial charge in [0.15, 0.2) is 0 Å². The van der Waals surface area contributed by atoms with E-state index in [0.29, 0.717) is 0 Å². The van der Waals surface area contributed by atoms with Gasteiger partial charge in [-0.2, -0.15) is 0 Å². The van der Waals surface area contributed by atoms with Gasteiger partial charge < -0.3 is 0 Å². The first-order valence-electron chi connectivity index (χ1n) is 5.95. The Kier molecular flexibility index (Phi) is 5.88. The van der Waals surface area contributed by atoms with Gasteiger partial charge >= 0.3 is 0 Å². The van der Waals surface area contributed by atoms with Crippen LogP contribution in [-0.4, -0.2) is 23.0 Å². The van der Waals surface area contributed by atoms with Crippen LogP contribution in [0.3, 0.4) is 0 Å². The van der Waals surface area contributed by atoms with Gasteiger partial charge in [-0.1, -0.05) is 20.8 Å². The van der Waals surface area contributed by atoms with Gasteiger partial charge in [-0.05, 0) is 32.4 Å². The van der Waals surface area contributed by atoms with Crippen LogP contribution in [0.2, 0.25) is 0 Å². The van der Waals surface area contributed by atoms with E-state index in [9.17, 15) is 0 Å². The SMILES string of the molecule is CCCN(CCC)Cc1csc(CC)n1. The maximum atomic E-state index is 4.61. The van der Waals surface area contributed by atoms with Crippen molar-refractivity contribution in [2.24, 2.45) is 0 Å². The average Bonchev–Trinajstić information content (AvgIpc) is 2.66. The van der Waals surface area contributed by atoms with Gasteiger partial charge in [-0.3, -0.25) is 4.90 Å².